The number of carbonyl (C=O) groups excluding carboxylic acids is 1. The Morgan fingerprint density at radius 1 is 1.21 bits per heavy atom. The molecule has 0 aliphatic carbocycles. The van der Waals surface area contributed by atoms with Gasteiger partial charge < -0.3 is 0 Å². The van der Waals surface area contributed by atoms with Crippen LogP contribution < -0.4 is 4.90 Å². The molecule has 0 aromatic heterocycles. The summed E-state index contributed by atoms with van der Waals surface area (Å²) in [5.41, 5.74) is 0.297. The lowest BCUT2D eigenvalue weighted by molar-refractivity contribution is -0.137. The van der Waals surface area contributed by atoms with Gasteiger partial charge in [-0.2, -0.15) is 18.3 Å². The van der Waals surface area contributed by atoms with E-state index in [9.17, 15) is 18.0 Å². The summed E-state index contributed by atoms with van der Waals surface area (Å²) >= 11 is 5.66. The summed E-state index contributed by atoms with van der Waals surface area (Å²) in [6.45, 7) is 5.51. The molecule has 0 saturated carbocycles. The molecule has 1 rings (SSSR count). The van der Waals surface area contributed by atoms with Crippen molar-refractivity contribution in [1.82, 2.24) is 5.01 Å². The first-order valence-electron chi connectivity index (χ1n) is 8.35. The molecule has 152 valence electrons. The Labute approximate surface area is 167 Å². The molecule has 0 radical (unpaired) electrons. The minimum Gasteiger partial charge on any atom is -0.296 e. The molecular formula is C19H22ClF3N4O. The van der Waals surface area contributed by atoms with Crippen molar-refractivity contribution in [3.63, 3.8) is 0 Å². The fourth-order valence-corrected chi connectivity index (χ4v) is 1.99. The summed E-state index contributed by atoms with van der Waals surface area (Å²) in [6, 6.07) is 3.88. The Balaban J connectivity index is 2.85. The second-order valence-corrected chi connectivity index (χ2v) is 6.37. The second-order valence-electron chi connectivity index (χ2n) is 5.77. The van der Waals surface area contributed by atoms with Crippen molar-refractivity contribution < 1.29 is 18.0 Å². The van der Waals surface area contributed by atoms with Gasteiger partial charge in [0.1, 0.15) is 0 Å². The van der Waals surface area contributed by atoms with E-state index in [0.717, 1.165) is 17.7 Å². The smallest absolute Gasteiger partial charge is 0.296 e. The number of nitrogens with zero attached hydrogens (tertiary/aromatic N) is 4. The van der Waals surface area contributed by atoms with E-state index < -0.39 is 17.8 Å². The number of benzene rings is 1. The summed E-state index contributed by atoms with van der Waals surface area (Å²) in [6.07, 6.45) is 1.79. The normalized spacial score (nSPS) is 13.4. The standard InChI is InChI=1S/C19H22ClF3N4O/c1-5-27(25-12-14(2)10-11-24-13-15(3)20)18(28)26(4)17-8-6-16(7-9-17)19(21,22)23/h6-13H,5H2,1-4H3/b14-10+,15-13+,24-11+,25-12+. The zero-order chi connectivity index (χ0) is 21.3. The Morgan fingerprint density at radius 3 is 2.32 bits per heavy atom. The molecule has 0 saturated heterocycles. The number of aliphatic imine (C=N–C) groups is 1. The average molecular weight is 415 g/mol. The predicted octanol–water partition coefficient (Wildman–Crippen LogP) is 5.69. The lowest BCUT2D eigenvalue weighted by Crippen LogP contribution is -2.38. The van der Waals surface area contributed by atoms with E-state index in [1.165, 1.54) is 41.5 Å². The van der Waals surface area contributed by atoms with Crippen LogP contribution in [0.4, 0.5) is 23.7 Å². The van der Waals surface area contributed by atoms with Crippen molar-refractivity contribution in [3.05, 3.63) is 52.7 Å². The van der Waals surface area contributed by atoms with E-state index in [0.29, 0.717) is 10.7 Å². The number of hydrogen-bond acceptors (Lipinski definition) is 3. The van der Waals surface area contributed by atoms with Crippen molar-refractivity contribution >= 4 is 35.7 Å². The second kappa shape index (κ2) is 10.7. The average Bonchev–Trinajstić information content (AvgIpc) is 2.64. The molecule has 0 unspecified atom stereocenters. The number of amides is 2. The van der Waals surface area contributed by atoms with Crippen LogP contribution in [0.25, 0.3) is 0 Å². The first-order valence-corrected chi connectivity index (χ1v) is 8.72. The molecule has 1 aromatic rings. The van der Waals surface area contributed by atoms with Crippen LogP contribution in [0.1, 0.15) is 26.3 Å². The Kier molecular flexibility index (Phi) is 8.91. The van der Waals surface area contributed by atoms with Gasteiger partial charge in [0, 0.05) is 36.7 Å². The lowest BCUT2D eigenvalue weighted by Gasteiger charge is -2.23. The number of alkyl halides is 3. The highest BCUT2D eigenvalue weighted by atomic mass is 35.5. The number of carbonyl (C=O) groups is 1. The summed E-state index contributed by atoms with van der Waals surface area (Å²) in [7, 11) is 1.47. The highest BCUT2D eigenvalue weighted by Gasteiger charge is 2.30. The quantitative estimate of drug-likeness (QED) is 0.436. The number of hydrogen-bond donors (Lipinski definition) is 0. The molecule has 9 heteroatoms. The zero-order valence-corrected chi connectivity index (χ0v) is 16.8. The molecule has 1 aromatic carbocycles. The summed E-state index contributed by atoms with van der Waals surface area (Å²) in [5, 5.41) is 5.87. The van der Waals surface area contributed by atoms with Gasteiger partial charge >= 0.3 is 12.2 Å². The molecule has 0 N–H and O–H groups in total. The molecule has 0 aliphatic rings. The number of halogens is 4. The Hall–Kier alpha value is -2.61. The van der Waals surface area contributed by atoms with E-state index in [2.05, 4.69) is 10.1 Å². The third-order valence-corrected chi connectivity index (χ3v) is 3.56. The van der Waals surface area contributed by atoms with Crippen molar-refractivity contribution in [1.29, 1.82) is 0 Å². The van der Waals surface area contributed by atoms with Crippen LogP contribution in [-0.4, -0.2) is 37.1 Å². The minimum atomic E-state index is -4.42. The lowest BCUT2D eigenvalue weighted by atomic mass is 10.2. The van der Waals surface area contributed by atoms with Crippen LogP contribution in [0, 0.1) is 0 Å². The van der Waals surface area contributed by atoms with Gasteiger partial charge in [0.15, 0.2) is 0 Å². The SMILES string of the molecule is CCN(/N=C/C(C)=C/C=N/C=C(\C)Cl)C(=O)N(C)c1ccc(C(F)(F)F)cc1. The molecule has 0 atom stereocenters. The van der Waals surface area contributed by atoms with Gasteiger partial charge in [0.05, 0.1) is 11.8 Å². The molecule has 0 heterocycles. The number of hydrazone groups is 1. The molecular weight excluding hydrogens is 393 g/mol. The maximum absolute atomic E-state index is 12.7. The van der Waals surface area contributed by atoms with Crippen LogP contribution >= 0.6 is 11.6 Å². The van der Waals surface area contributed by atoms with Gasteiger partial charge in [-0.25, -0.2) is 9.80 Å². The fraction of sp³-hybridized carbons (Fsp3) is 0.316. The highest BCUT2D eigenvalue weighted by molar-refractivity contribution is 6.29. The molecule has 0 fully saturated rings. The van der Waals surface area contributed by atoms with Gasteiger partial charge in [-0.05, 0) is 56.7 Å². The van der Waals surface area contributed by atoms with E-state index in [-0.39, 0.29) is 6.54 Å². The number of allylic oxidation sites excluding steroid dienone is 3. The first-order chi connectivity index (χ1) is 13.1. The molecule has 0 aliphatic heterocycles. The van der Waals surface area contributed by atoms with Gasteiger partial charge in [0.25, 0.3) is 0 Å². The fourth-order valence-electron chi connectivity index (χ4n) is 1.93. The topological polar surface area (TPSA) is 48.3 Å². The van der Waals surface area contributed by atoms with Crippen LogP contribution in [0.3, 0.4) is 0 Å². The van der Waals surface area contributed by atoms with Crippen molar-refractivity contribution in [2.24, 2.45) is 10.1 Å². The van der Waals surface area contributed by atoms with Crippen molar-refractivity contribution in [2.75, 3.05) is 18.5 Å². The molecule has 0 bridgehead atoms. The molecule has 28 heavy (non-hydrogen) atoms. The van der Waals surface area contributed by atoms with E-state index in [1.54, 1.807) is 33.1 Å². The van der Waals surface area contributed by atoms with Crippen LogP contribution in [-0.2, 0) is 6.18 Å². The third-order valence-electron chi connectivity index (χ3n) is 3.47. The monoisotopic (exact) mass is 414 g/mol. The predicted molar refractivity (Wildman–Crippen MR) is 108 cm³/mol. The van der Waals surface area contributed by atoms with E-state index in [1.807, 2.05) is 0 Å². The highest BCUT2D eigenvalue weighted by Crippen LogP contribution is 2.30. The molecule has 5 nitrogen and oxygen atoms in total. The third kappa shape index (κ3) is 7.56. The van der Waals surface area contributed by atoms with Crippen LogP contribution in [0.15, 0.2) is 57.2 Å². The Morgan fingerprint density at radius 2 is 1.82 bits per heavy atom. The van der Waals surface area contributed by atoms with Crippen LogP contribution in [0.5, 0.6) is 0 Å². The maximum atomic E-state index is 12.7. The Bertz CT molecular complexity index is 779. The summed E-state index contributed by atoms with van der Waals surface area (Å²) in [5.74, 6) is 0. The summed E-state index contributed by atoms with van der Waals surface area (Å²) in [4.78, 5) is 17.7. The summed E-state index contributed by atoms with van der Waals surface area (Å²) < 4.78 is 38.0. The zero-order valence-electron chi connectivity index (χ0n) is 16.0. The van der Waals surface area contributed by atoms with Gasteiger partial charge in [0.2, 0.25) is 0 Å². The molecule has 0 spiro atoms. The van der Waals surface area contributed by atoms with Crippen LogP contribution in [0.2, 0.25) is 0 Å². The minimum absolute atomic E-state index is 0.288. The van der Waals surface area contributed by atoms with E-state index in [4.69, 9.17) is 11.6 Å². The first kappa shape index (κ1) is 23.4. The maximum Gasteiger partial charge on any atom is 0.416 e. The number of rotatable bonds is 6. The van der Waals surface area contributed by atoms with Crippen molar-refractivity contribution in [3.8, 4) is 0 Å². The number of urea groups is 1. The number of anilines is 1. The largest absolute Gasteiger partial charge is 0.416 e. The van der Waals surface area contributed by atoms with Crippen molar-refractivity contribution in [2.45, 2.75) is 26.9 Å². The van der Waals surface area contributed by atoms with Gasteiger partial charge in [-0.1, -0.05) is 11.6 Å². The van der Waals surface area contributed by atoms with Gasteiger partial charge in [-0.15, -0.1) is 0 Å². The van der Waals surface area contributed by atoms with Gasteiger partial charge in [-0.3, -0.25) is 9.89 Å². The molecule has 2 amide bonds. The van der Waals surface area contributed by atoms with E-state index >= 15 is 0 Å².